The van der Waals surface area contributed by atoms with Gasteiger partial charge >= 0.3 is 0 Å². The van der Waals surface area contributed by atoms with Crippen LogP contribution in [0.5, 0.6) is 0 Å². The van der Waals surface area contributed by atoms with Crippen molar-refractivity contribution in [3.8, 4) is 56.4 Å². The zero-order valence-corrected chi connectivity index (χ0v) is 22.1. The summed E-state index contributed by atoms with van der Waals surface area (Å²) in [6.07, 6.45) is 0. The first-order valence-corrected chi connectivity index (χ1v) is 13.5. The normalized spacial score (nSPS) is 11.0. The molecule has 0 unspecified atom stereocenters. The van der Waals surface area contributed by atoms with Crippen molar-refractivity contribution in [3.05, 3.63) is 151 Å². The van der Waals surface area contributed by atoms with Gasteiger partial charge in [0.1, 0.15) is 5.82 Å². The zero-order valence-electron chi connectivity index (χ0n) is 22.1. The molecule has 0 atom stereocenters. The second-order valence-corrected chi connectivity index (χ2v) is 9.83. The molecular formula is C37H24FN3. The van der Waals surface area contributed by atoms with Gasteiger partial charge < -0.3 is 0 Å². The predicted octanol–water partition coefficient (Wildman–Crippen LogP) is 9.50. The van der Waals surface area contributed by atoms with E-state index in [1.165, 1.54) is 12.1 Å². The smallest absolute Gasteiger partial charge is 0.164 e. The summed E-state index contributed by atoms with van der Waals surface area (Å²) in [5.41, 5.74) is 7.09. The number of nitrogens with zero attached hydrogens (tertiary/aromatic N) is 3. The Morgan fingerprint density at radius 3 is 1.10 bits per heavy atom. The highest BCUT2D eigenvalue weighted by Gasteiger charge is 2.13. The monoisotopic (exact) mass is 529 g/mol. The fourth-order valence-electron chi connectivity index (χ4n) is 5.17. The maximum atomic E-state index is 13.6. The third kappa shape index (κ3) is 4.88. The van der Waals surface area contributed by atoms with Gasteiger partial charge in [0, 0.05) is 16.7 Å². The SMILES string of the molecule is Fc1ccc(-c2ccc(-c3ccc(-c4nc(-c5ccccc5)nc(-c5ccccc5)n4)cc3)c3ccccc23)cc1. The van der Waals surface area contributed by atoms with E-state index in [4.69, 9.17) is 15.0 Å². The van der Waals surface area contributed by atoms with Gasteiger partial charge in [0.05, 0.1) is 0 Å². The molecule has 0 saturated heterocycles. The van der Waals surface area contributed by atoms with E-state index >= 15 is 0 Å². The molecule has 0 radical (unpaired) electrons. The van der Waals surface area contributed by atoms with Gasteiger partial charge in [-0.1, -0.05) is 133 Å². The molecule has 0 spiro atoms. The summed E-state index contributed by atoms with van der Waals surface area (Å²) in [5.74, 6) is 1.67. The van der Waals surface area contributed by atoms with Crippen molar-refractivity contribution in [3.63, 3.8) is 0 Å². The molecule has 0 bridgehead atoms. The molecule has 0 fully saturated rings. The number of benzene rings is 6. The number of hydrogen-bond acceptors (Lipinski definition) is 3. The van der Waals surface area contributed by atoms with Crippen molar-refractivity contribution in [2.75, 3.05) is 0 Å². The minimum atomic E-state index is -0.236. The van der Waals surface area contributed by atoms with Crippen LogP contribution in [0.25, 0.3) is 67.2 Å². The highest BCUT2D eigenvalue weighted by atomic mass is 19.1. The minimum absolute atomic E-state index is 0.236. The third-order valence-electron chi connectivity index (χ3n) is 7.23. The Morgan fingerprint density at radius 2 is 0.659 bits per heavy atom. The lowest BCUT2D eigenvalue weighted by atomic mass is 9.92. The van der Waals surface area contributed by atoms with E-state index in [1.54, 1.807) is 0 Å². The first-order chi connectivity index (χ1) is 20.2. The lowest BCUT2D eigenvalue weighted by Gasteiger charge is -2.13. The van der Waals surface area contributed by atoms with Gasteiger partial charge in [-0.2, -0.15) is 0 Å². The molecule has 194 valence electrons. The van der Waals surface area contributed by atoms with E-state index in [0.717, 1.165) is 49.7 Å². The van der Waals surface area contributed by atoms with E-state index < -0.39 is 0 Å². The molecule has 7 rings (SSSR count). The lowest BCUT2D eigenvalue weighted by Crippen LogP contribution is -2.00. The molecule has 0 amide bonds. The van der Waals surface area contributed by atoms with Gasteiger partial charge in [-0.25, -0.2) is 19.3 Å². The van der Waals surface area contributed by atoms with Crippen LogP contribution in [0.3, 0.4) is 0 Å². The van der Waals surface area contributed by atoms with Crippen molar-refractivity contribution >= 4 is 10.8 Å². The molecule has 0 saturated carbocycles. The van der Waals surface area contributed by atoms with E-state index in [1.807, 2.05) is 78.9 Å². The van der Waals surface area contributed by atoms with Crippen LogP contribution < -0.4 is 0 Å². The largest absolute Gasteiger partial charge is 0.208 e. The Kier molecular flexibility index (Phi) is 6.34. The van der Waals surface area contributed by atoms with Gasteiger partial charge in [0.2, 0.25) is 0 Å². The Hall–Kier alpha value is -5.48. The average molecular weight is 530 g/mol. The van der Waals surface area contributed by atoms with Gasteiger partial charge in [-0.15, -0.1) is 0 Å². The van der Waals surface area contributed by atoms with Crippen LogP contribution in [-0.4, -0.2) is 15.0 Å². The predicted molar refractivity (Wildman–Crippen MR) is 164 cm³/mol. The first kappa shape index (κ1) is 24.6. The van der Waals surface area contributed by atoms with Crippen LogP contribution in [-0.2, 0) is 0 Å². The number of fused-ring (bicyclic) bond motifs is 1. The lowest BCUT2D eigenvalue weighted by molar-refractivity contribution is 0.628. The zero-order chi connectivity index (χ0) is 27.6. The Balaban J connectivity index is 1.30. The van der Waals surface area contributed by atoms with Gasteiger partial charge in [0.15, 0.2) is 17.5 Å². The average Bonchev–Trinajstić information content (AvgIpc) is 3.05. The molecule has 3 nitrogen and oxygen atoms in total. The summed E-state index contributed by atoms with van der Waals surface area (Å²) < 4.78 is 13.6. The van der Waals surface area contributed by atoms with E-state index in [9.17, 15) is 4.39 Å². The molecule has 7 aromatic rings. The van der Waals surface area contributed by atoms with Crippen LogP contribution in [0, 0.1) is 5.82 Å². The summed E-state index contributed by atoms with van der Waals surface area (Å²) >= 11 is 0. The number of hydrogen-bond donors (Lipinski definition) is 0. The second kappa shape index (κ2) is 10.6. The maximum Gasteiger partial charge on any atom is 0.164 e. The molecule has 1 aromatic heterocycles. The molecular weight excluding hydrogens is 505 g/mol. The number of rotatable bonds is 5. The molecule has 0 aliphatic heterocycles. The first-order valence-electron chi connectivity index (χ1n) is 13.5. The van der Waals surface area contributed by atoms with E-state index in [0.29, 0.717) is 17.5 Å². The summed E-state index contributed by atoms with van der Waals surface area (Å²) in [7, 11) is 0. The Labute approximate surface area is 237 Å². The highest BCUT2D eigenvalue weighted by Crippen LogP contribution is 2.36. The van der Waals surface area contributed by atoms with E-state index in [-0.39, 0.29) is 5.82 Å². The number of halogens is 1. The Morgan fingerprint density at radius 1 is 0.317 bits per heavy atom. The summed E-state index contributed by atoms with van der Waals surface area (Å²) in [5, 5.41) is 2.26. The molecule has 1 heterocycles. The topological polar surface area (TPSA) is 38.7 Å². The van der Waals surface area contributed by atoms with Crippen LogP contribution in [0.15, 0.2) is 146 Å². The van der Waals surface area contributed by atoms with Crippen molar-refractivity contribution in [2.24, 2.45) is 0 Å². The van der Waals surface area contributed by atoms with Crippen molar-refractivity contribution in [2.45, 2.75) is 0 Å². The fraction of sp³-hybridized carbons (Fsp3) is 0. The van der Waals surface area contributed by atoms with Crippen LogP contribution in [0.4, 0.5) is 4.39 Å². The second-order valence-electron chi connectivity index (χ2n) is 9.83. The maximum absolute atomic E-state index is 13.6. The number of aromatic nitrogens is 3. The van der Waals surface area contributed by atoms with Gasteiger partial charge in [0.25, 0.3) is 0 Å². The standard InChI is InChI=1S/C37H24FN3/c38-30-21-19-26(20-22-30)32-24-23-31(33-13-7-8-14-34(32)33)25-15-17-29(18-16-25)37-40-35(27-9-3-1-4-10-27)39-36(41-37)28-11-5-2-6-12-28/h1-24H. The molecule has 0 aliphatic carbocycles. The molecule has 0 aliphatic rings. The van der Waals surface area contributed by atoms with Gasteiger partial charge in [-0.05, 0) is 45.2 Å². The van der Waals surface area contributed by atoms with Crippen LogP contribution in [0.2, 0.25) is 0 Å². The molecule has 4 heteroatoms. The van der Waals surface area contributed by atoms with Crippen LogP contribution >= 0.6 is 0 Å². The van der Waals surface area contributed by atoms with Crippen molar-refractivity contribution in [1.82, 2.24) is 15.0 Å². The summed E-state index contributed by atoms with van der Waals surface area (Å²) in [4.78, 5) is 14.5. The summed E-state index contributed by atoms with van der Waals surface area (Å²) in [6.45, 7) is 0. The molecule has 41 heavy (non-hydrogen) atoms. The van der Waals surface area contributed by atoms with Crippen LogP contribution in [0.1, 0.15) is 0 Å². The highest BCUT2D eigenvalue weighted by molar-refractivity contribution is 6.05. The quantitative estimate of drug-likeness (QED) is 0.223. The fourth-order valence-corrected chi connectivity index (χ4v) is 5.17. The Bertz CT molecular complexity index is 1910. The third-order valence-corrected chi connectivity index (χ3v) is 7.23. The molecule has 0 N–H and O–H groups in total. The van der Waals surface area contributed by atoms with Crippen molar-refractivity contribution in [1.29, 1.82) is 0 Å². The van der Waals surface area contributed by atoms with Crippen molar-refractivity contribution < 1.29 is 4.39 Å². The van der Waals surface area contributed by atoms with E-state index in [2.05, 4.69) is 54.6 Å². The molecule has 6 aromatic carbocycles. The van der Waals surface area contributed by atoms with Gasteiger partial charge in [-0.3, -0.25) is 0 Å². The minimum Gasteiger partial charge on any atom is -0.208 e. The summed E-state index contributed by atoms with van der Waals surface area (Å²) in [6, 6.07) is 47.6.